The number of Topliss-reactive ketones (excluding diaryl/α,β-unsaturated/α-hetero) is 1. The van der Waals surface area contributed by atoms with Gasteiger partial charge in [-0.2, -0.15) is 5.10 Å². The van der Waals surface area contributed by atoms with Gasteiger partial charge >= 0.3 is 0 Å². The molecule has 0 spiro atoms. The minimum Gasteiger partial charge on any atom is -0.497 e. The number of ketones is 1. The van der Waals surface area contributed by atoms with Gasteiger partial charge in [0.05, 0.1) is 30.3 Å². The summed E-state index contributed by atoms with van der Waals surface area (Å²) in [6.07, 6.45) is 2.63. The topological polar surface area (TPSA) is 82.5 Å². The van der Waals surface area contributed by atoms with E-state index in [1.165, 1.54) is 0 Å². The quantitative estimate of drug-likeness (QED) is 0.545. The van der Waals surface area contributed by atoms with Crippen LogP contribution in [0, 0.1) is 6.92 Å². The average molecular weight is 374 g/mol. The van der Waals surface area contributed by atoms with Gasteiger partial charge in [-0.05, 0) is 36.8 Å². The maximum absolute atomic E-state index is 12.7. The third-order valence-electron chi connectivity index (χ3n) is 5.27. The highest BCUT2D eigenvalue weighted by atomic mass is 16.5. The minimum absolute atomic E-state index is 0.0173. The van der Waals surface area contributed by atoms with Crippen molar-refractivity contribution in [2.24, 2.45) is 0 Å². The molecule has 1 atom stereocenters. The molecule has 0 N–H and O–H groups in total. The lowest BCUT2D eigenvalue weighted by atomic mass is 9.87. The number of nitrogens with zero attached hydrogens (tertiary/aromatic N) is 4. The number of hydrogen-bond donors (Lipinski definition) is 0. The van der Waals surface area contributed by atoms with Crippen molar-refractivity contribution in [3.63, 3.8) is 0 Å². The minimum atomic E-state index is -0.0313. The molecule has 28 heavy (non-hydrogen) atoms. The highest BCUT2D eigenvalue weighted by Crippen LogP contribution is 2.34. The SMILES string of the molecule is COc1ccc(-c2c(C)nn3c4c(nnc23)C(=O)C[C@@H](c2ccco2)C4)cc1. The van der Waals surface area contributed by atoms with Crippen LogP contribution in [0.2, 0.25) is 0 Å². The number of methoxy groups -OCH3 is 1. The number of aryl methyl sites for hydroxylation is 1. The lowest BCUT2D eigenvalue weighted by molar-refractivity contribution is 0.0951. The molecule has 0 bridgehead atoms. The van der Waals surface area contributed by atoms with Crippen LogP contribution in [0.1, 0.15) is 40.0 Å². The van der Waals surface area contributed by atoms with Crippen molar-refractivity contribution in [1.29, 1.82) is 0 Å². The summed E-state index contributed by atoms with van der Waals surface area (Å²) >= 11 is 0. The Labute approximate surface area is 161 Å². The summed E-state index contributed by atoms with van der Waals surface area (Å²) in [5, 5.41) is 13.3. The summed E-state index contributed by atoms with van der Waals surface area (Å²) < 4.78 is 12.5. The number of aromatic nitrogens is 4. The number of carbonyl (C=O) groups excluding carboxylic acids is 1. The molecule has 0 radical (unpaired) electrons. The van der Waals surface area contributed by atoms with Gasteiger partial charge < -0.3 is 9.15 Å². The van der Waals surface area contributed by atoms with Gasteiger partial charge in [-0.15, -0.1) is 10.2 Å². The summed E-state index contributed by atoms with van der Waals surface area (Å²) in [6.45, 7) is 1.94. The Hall–Kier alpha value is -3.48. The van der Waals surface area contributed by atoms with Gasteiger partial charge in [0, 0.05) is 18.8 Å². The Bertz CT molecular complexity index is 1180. The van der Waals surface area contributed by atoms with Crippen molar-refractivity contribution in [1.82, 2.24) is 19.8 Å². The van der Waals surface area contributed by atoms with Crippen molar-refractivity contribution in [3.05, 3.63) is 65.5 Å². The van der Waals surface area contributed by atoms with Gasteiger partial charge in [-0.25, -0.2) is 4.52 Å². The van der Waals surface area contributed by atoms with Crippen LogP contribution in [-0.2, 0) is 6.42 Å². The molecule has 0 amide bonds. The molecular weight excluding hydrogens is 356 g/mol. The van der Waals surface area contributed by atoms with Crippen LogP contribution in [0.25, 0.3) is 16.8 Å². The zero-order valence-corrected chi connectivity index (χ0v) is 15.5. The fourth-order valence-electron chi connectivity index (χ4n) is 3.90. The fraction of sp³-hybridized carbons (Fsp3) is 0.238. The van der Waals surface area contributed by atoms with Gasteiger partial charge in [-0.3, -0.25) is 4.79 Å². The van der Waals surface area contributed by atoms with Crippen molar-refractivity contribution < 1.29 is 13.9 Å². The Kier molecular flexibility index (Phi) is 3.75. The summed E-state index contributed by atoms with van der Waals surface area (Å²) in [7, 11) is 1.64. The first-order valence-electron chi connectivity index (χ1n) is 9.11. The van der Waals surface area contributed by atoms with Gasteiger partial charge in [0.25, 0.3) is 0 Å². The third kappa shape index (κ3) is 2.51. The molecule has 1 aliphatic carbocycles. The smallest absolute Gasteiger partial charge is 0.185 e. The lowest BCUT2D eigenvalue weighted by Gasteiger charge is -2.21. The van der Waals surface area contributed by atoms with E-state index in [0.29, 0.717) is 24.2 Å². The van der Waals surface area contributed by atoms with Crippen LogP contribution in [0.3, 0.4) is 0 Å². The molecule has 0 saturated carbocycles. The lowest BCUT2D eigenvalue weighted by Crippen LogP contribution is -2.24. The Balaban J connectivity index is 1.66. The predicted molar refractivity (Wildman–Crippen MR) is 102 cm³/mol. The third-order valence-corrected chi connectivity index (χ3v) is 5.27. The summed E-state index contributed by atoms with van der Waals surface area (Å²) in [5.41, 5.74) is 4.55. The Morgan fingerprint density at radius 1 is 1.14 bits per heavy atom. The maximum Gasteiger partial charge on any atom is 0.185 e. The van der Waals surface area contributed by atoms with Crippen molar-refractivity contribution in [3.8, 4) is 16.9 Å². The summed E-state index contributed by atoms with van der Waals surface area (Å²) in [6, 6.07) is 11.5. The molecule has 7 nitrogen and oxygen atoms in total. The molecular formula is C21H18N4O3. The van der Waals surface area contributed by atoms with Gasteiger partial charge in [0.2, 0.25) is 0 Å². The van der Waals surface area contributed by atoms with E-state index in [1.54, 1.807) is 17.9 Å². The normalized spacial score (nSPS) is 16.4. The van der Waals surface area contributed by atoms with E-state index in [4.69, 9.17) is 14.3 Å². The molecule has 1 aromatic carbocycles. The molecule has 4 aromatic rings. The highest BCUT2D eigenvalue weighted by molar-refractivity contribution is 5.97. The van der Waals surface area contributed by atoms with E-state index in [1.807, 2.05) is 43.3 Å². The number of furan rings is 1. The number of rotatable bonds is 3. The number of fused-ring (bicyclic) bond motifs is 3. The van der Waals surface area contributed by atoms with Gasteiger partial charge in [0.15, 0.2) is 17.1 Å². The second kappa shape index (κ2) is 6.30. The molecule has 3 heterocycles. The van der Waals surface area contributed by atoms with Crippen LogP contribution in [0.5, 0.6) is 5.75 Å². The molecule has 0 fully saturated rings. The van der Waals surface area contributed by atoms with Crippen LogP contribution in [0.15, 0.2) is 47.1 Å². The Morgan fingerprint density at radius 3 is 2.68 bits per heavy atom. The number of hydrogen-bond acceptors (Lipinski definition) is 6. The highest BCUT2D eigenvalue weighted by Gasteiger charge is 2.32. The second-order valence-corrected chi connectivity index (χ2v) is 6.96. The van der Waals surface area contributed by atoms with Gasteiger partial charge in [0.1, 0.15) is 11.5 Å². The van der Waals surface area contributed by atoms with Crippen molar-refractivity contribution in [2.75, 3.05) is 7.11 Å². The largest absolute Gasteiger partial charge is 0.497 e. The van der Waals surface area contributed by atoms with Crippen LogP contribution in [0.4, 0.5) is 0 Å². The van der Waals surface area contributed by atoms with E-state index in [9.17, 15) is 4.79 Å². The predicted octanol–water partition coefficient (Wildman–Crippen LogP) is 3.61. The van der Waals surface area contributed by atoms with Crippen LogP contribution in [-0.4, -0.2) is 32.7 Å². The zero-order valence-electron chi connectivity index (χ0n) is 15.5. The maximum atomic E-state index is 12.7. The van der Waals surface area contributed by atoms with Gasteiger partial charge in [-0.1, -0.05) is 12.1 Å². The number of carbonyl (C=O) groups is 1. The van der Waals surface area contributed by atoms with Crippen LogP contribution < -0.4 is 4.74 Å². The van der Waals surface area contributed by atoms with Crippen molar-refractivity contribution >= 4 is 11.4 Å². The first-order valence-corrected chi connectivity index (χ1v) is 9.11. The van der Waals surface area contributed by atoms with E-state index in [0.717, 1.165) is 34.0 Å². The van der Waals surface area contributed by atoms with Crippen molar-refractivity contribution in [2.45, 2.75) is 25.7 Å². The summed E-state index contributed by atoms with van der Waals surface area (Å²) in [5.74, 6) is 1.55. The molecule has 5 rings (SSSR count). The first-order chi connectivity index (χ1) is 13.7. The zero-order chi connectivity index (χ0) is 19.3. The number of ether oxygens (including phenoxy) is 1. The van der Waals surface area contributed by atoms with E-state index >= 15 is 0 Å². The van der Waals surface area contributed by atoms with E-state index < -0.39 is 0 Å². The van der Waals surface area contributed by atoms with E-state index in [-0.39, 0.29) is 11.7 Å². The molecule has 0 unspecified atom stereocenters. The standard InChI is InChI=1S/C21H18N4O3/c1-12-19(13-5-7-15(27-2)8-6-13)21-23-22-20-16(25(21)24-12)10-14(11-17(20)26)18-4-3-9-28-18/h3-9,14H,10-11H2,1-2H3/t14-/m0/s1. The first kappa shape index (κ1) is 16.7. The summed E-state index contributed by atoms with van der Waals surface area (Å²) in [4.78, 5) is 12.7. The average Bonchev–Trinajstić information content (AvgIpc) is 3.35. The molecule has 1 aliphatic rings. The molecule has 0 saturated heterocycles. The molecule has 140 valence electrons. The Morgan fingerprint density at radius 2 is 1.96 bits per heavy atom. The monoisotopic (exact) mass is 374 g/mol. The molecule has 0 aliphatic heterocycles. The van der Waals surface area contributed by atoms with E-state index in [2.05, 4.69) is 10.2 Å². The second-order valence-electron chi connectivity index (χ2n) is 6.96. The molecule has 3 aromatic heterocycles. The van der Waals surface area contributed by atoms with Crippen LogP contribution >= 0.6 is 0 Å². The molecule has 7 heteroatoms. The number of benzene rings is 1. The fourth-order valence-corrected chi connectivity index (χ4v) is 3.90.